The Hall–Kier alpha value is -2.92. The van der Waals surface area contributed by atoms with Gasteiger partial charge in [-0.1, -0.05) is 30.3 Å². The number of nitrogens with one attached hydrogen (secondary N) is 1. The molecule has 1 aliphatic carbocycles. The highest BCUT2D eigenvalue weighted by Gasteiger charge is 2.20. The van der Waals surface area contributed by atoms with E-state index < -0.39 is 5.76 Å². The van der Waals surface area contributed by atoms with E-state index >= 15 is 0 Å². The number of thiazole rings is 1. The standard InChI is InChI=1S/C20H14N2O2S/c23-20-22-17-10-12(5-8-18(17)24-20)9-15-14-4-2-1-3-13(14)6-7-16-19(15)25-11-21-16/h1-5,8-11H,6-7H2,(H,22,23)/b15-9+. The maximum Gasteiger partial charge on any atom is 0.417 e. The minimum absolute atomic E-state index is 0.427. The number of aromatic nitrogens is 2. The molecule has 0 bridgehead atoms. The molecule has 0 aliphatic heterocycles. The van der Waals surface area contributed by atoms with E-state index in [0.29, 0.717) is 11.1 Å². The maximum atomic E-state index is 11.4. The van der Waals surface area contributed by atoms with Crippen molar-refractivity contribution in [2.24, 2.45) is 0 Å². The molecule has 0 saturated carbocycles. The van der Waals surface area contributed by atoms with Gasteiger partial charge in [0.05, 0.1) is 21.6 Å². The molecule has 0 unspecified atom stereocenters. The number of benzene rings is 2. The number of rotatable bonds is 1. The number of hydrogen-bond donors (Lipinski definition) is 1. The predicted octanol–water partition coefficient (Wildman–Crippen LogP) is 4.27. The second-order valence-electron chi connectivity index (χ2n) is 6.11. The van der Waals surface area contributed by atoms with Crippen molar-refractivity contribution in [1.82, 2.24) is 9.97 Å². The van der Waals surface area contributed by atoms with Crippen LogP contribution in [0.1, 0.15) is 27.3 Å². The molecule has 0 radical (unpaired) electrons. The zero-order valence-electron chi connectivity index (χ0n) is 13.3. The van der Waals surface area contributed by atoms with Crippen LogP contribution >= 0.6 is 11.3 Å². The first-order chi connectivity index (χ1) is 12.3. The van der Waals surface area contributed by atoms with Crippen LogP contribution in [0.5, 0.6) is 0 Å². The third-order valence-corrected chi connectivity index (χ3v) is 5.48. The maximum absolute atomic E-state index is 11.4. The van der Waals surface area contributed by atoms with Crippen molar-refractivity contribution < 1.29 is 4.42 Å². The van der Waals surface area contributed by atoms with Crippen molar-refractivity contribution in [3.05, 3.63) is 85.8 Å². The normalized spacial score (nSPS) is 15.1. The lowest BCUT2D eigenvalue weighted by molar-refractivity contribution is 0.555. The average Bonchev–Trinajstić information content (AvgIpc) is 3.20. The fourth-order valence-corrected chi connectivity index (χ4v) is 4.28. The molecule has 4 aromatic rings. The Morgan fingerprint density at radius 1 is 1.16 bits per heavy atom. The quantitative estimate of drug-likeness (QED) is 0.560. The summed E-state index contributed by atoms with van der Waals surface area (Å²) in [5.74, 6) is -0.427. The van der Waals surface area contributed by atoms with Gasteiger partial charge in [0, 0.05) is 5.57 Å². The summed E-state index contributed by atoms with van der Waals surface area (Å²) in [7, 11) is 0. The summed E-state index contributed by atoms with van der Waals surface area (Å²) in [5.41, 5.74) is 9.18. The minimum Gasteiger partial charge on any atom is -0.408 e. The number of nitrogens with zero attached hydrogens (tertiary/aromatic N) is 1. The van der Waals surface area contributed by atoms with Gasteiger partial charge >= 0.3 is 5.76 Å². The summed E-state index contributed by atoms with van der Waals surface area (Å²) in [6.07, 6.45) is 4.13. The van der Waals surface area contributed by atoms with E-state index in [2.05, 4.69) is 40.3 Å². The Morgan fingerprint density at radius 2 is 2.08 bits per heavy atom. The second-order valence-corrected chi connectivity index (χ2v) is 6.97. The molecule has 5 heteroatoms. The van der Waals surface area contributed by atoms with Gasteiger partial charge in [0.25, 0.3) is 0 Å². The third kappa shape index (κ3) is 2.44. The molecule has 2 aromatic carbocycles. The van der Waals surface area contributed by atoms with Gasteiger partial charge in [-0.3, -0.25) is 4.98 Å². The van der Waals surface area contributed by atoms with Crippen LogP contribution < -0.4 is 5.76 Å². The molecular weight excluding hydrogens is 332 g/mol. The molecule has 0 atom stereocenters. The fraction of sp³-hybridized carbons (Fsp3) is 0.100. The molecule has 1 aliphatic rings. The zero-order chi connectivity index (χ0) is 16.8. The highest BCUT2D eigenvalue weighted by atomic mass is 32.1. The first-order valence-electron chi connectivity index (χ1n) is 8.13. The zero-order valence-corrected chi connectivity index (χ0v) is 14.1. The van der Waals surface area contributed by atoms with E-state index in [1.54, 1.807) is 11.3 Å². The molecule has 5 rings (SSSR count). The van der Waals surface area contributed by atoms with E-state index in [4.69, 9.17) is 4.42 Å². The van der Waals surface area contributed by atoms with Gasteiger partial charge in [0.15, 0.2) is 5.58 Å². The van der Waals surface area contributed by atoms with Gasteiger partial charge in [0.2, 0.25) is 0 Å². The fourth-order valence-electron chi connectivity index (χ4n) is 3.41. The van der Waals surface area contributed by atoms with Gasteiger partial charge in [0.1, 0.15) is 0 Å². The summed E-state index contributed by atoms with van der Waals surface area (Å²) in [4.78, 5) is 19.9. The van der Waals surface area contributed by atoms with Crippen LogP contribution in [0, 0.1) is 0 Å². The number of hydrogen-bond acceptors (Lipinski definition) is 4. The van der Waals surface area contributed by atoms with Gasteiger partial charge in [-0.25, -0.2) is 9.78 Å². The molecule has 0 fully saturated rings. The SMILES string of the molecule is O=c1[nH]c2cc(/C=C3\c4ccccc4CCc4ncsc43)ccc2o1. The van der Waals surface area contributed by atoms with Gasteiger partial charge in [-0.15, -0.1) is 11.3 Å². The van der Waals surface area contributed by atoms with Gasteiger partial charge in [-0.05, 0) is 47.7 Å². The van der Waals surface area contributed by atoms with E-state index in [9.17, 15) is 4.79 Å². The van der Waals surface area contributed by atoms with E-state index in [0.717, 1.165) is 24.1 Å². The number of oxazole rings is 1. The minimum atomic E-state index is -0.427. The van der Waals surface area contributed by atoms with Crippen molar-refractivity contribution in [2.75, 3.05) is 0 Å². The summed E-state index contributed by atoms with van der Waals surface area (Å²) in [6.45, 7) is 0. The lowest BCUT2D eigenvalue weighted by Gasteiger charge is -2.09. The van der Waals surface area contributed by atoms with E-state index in [1.165, 1.54) is 21.6 Å². The first-order valence-corrected chi connectivity index (χ1v) is 9.01. The number of H-pyrrole nitrogens is 1. The number of aromatic amines is 1. The summed E-state index contributed by atoms with van der Waals surface area (Å²) < 4.78 is 5.09. The van der Waals surface area contributed by atoms with Crippen LogP contribution in [0.2, 0.25) is 0 Å². The van der Waals surface area contributed by atoms with Crippen molar-refractivity contribution in [1.29, 1.82) is 0 Å². The monoisotopic (exact) mass is 346 g/mol. The smallest absolute Gasteiger partial charge is 0.408 e. The van der Waals surface area contributed by atoms with Crippen LogP contribution in [0.25, 0.3) is 22.7 Å². The van der Waals surface area contributed by atoms with Crippen molar-refractivity contribution in [2.45, 2.75) is 12.8 Å². The highest BCUT2D eigenvalue weighted by Crippen LogP contribution is 2.36. The summed E-state index contributed by atoms with van der Waals surface area (Å²) in [6, 6.07) is 14.3. The lowest BCUT2D eigenvalue weighted by atomic mass is 9.97. The van der Waals surface area contributed by atoms with Gasteiger partial charge < -0.3 is 4.42 Å². The molecule has 2 aromatic heterocycles. The van der Waals surface area contributed by atoms with Crippen LogP contribution in [-0.4, -0.2) is 9.97 Å². The van der Waals surface area contributed by atoms with Crippen LogP contribution in [0.15, 0.2) is 57.2 Å². The topological polar surface area (TPSA) is 58.9 Å². The molecule has 0 spiro atoms. The highest BCUT2D eigenvalue weighted by molar-refractivity contribution is 7.11. The second kappa shape index (κ2) is 5.57. The molecule has 0 saturated heterocycles. The Morgan fingerprint density at radius 3 is 3.04 bits per heavy atom. The molecule has 2 heterocycles. The van der Waals surface area contributed by atoms with E-state index in [-0.39, 0.29) is 0 Å². The third-order valence-electron chi connectivity index (χ3n) is 4.58. The lowest BCUT2D eigenvalue weighted by Crippen LogP contribution is -1.93. The van der Waals surface area contributed by atoms with Crippen molar-refractivity contribution in [3.63, 3.8) is 0 Å². The Bertz CT molecular complexity index is 1180. The number of aryl methyl sites for hydroxylation is 2. The largest absolute Gasteiger partial charge is 0.417 e. The average molecular weight is 346 g/mol. The Kier molecular flexibility index (Phi) is 3.21. The molecule has 122 valence electrons. The number of fused-ring (bicyclic) bond motifs is 3. The molecule has 0 amide bonds. The van der Waals surface area contributed by atoms with Crippen LogP contribution in [-0.2, 0) is 12.8 Å². The molecule has 4 nitrogen and oxygen atoms in total. The molecule has 25 heavy (non-hydrogen) atoms. The van der Waals surface area contributed by atoms with Crippen molar-refractivity contribution >= 4 is 34.1 Å². The summed E-state index contributed by atoms with van der Waals surface area (Å²) in [5, 5.41) is 0. The van der Waals surface area contributed by atoms with Crippen LogP contribution in [0.4, 0.5) is 0 Å². The first kappa shape index (κ1) is 14.4. The Labute approximate surface area is 147 Å². The molecule has 1 N–H and O–H groups in total. The van der Waals surface area contributed by atoms with E-state index in [1.807, 2.05) is 23.7 Å². The molecular formula is C20H14N2O2S. The predicted molar refractivity (Wildman–Crippen MR) is 99.8 cm³/mol. The Balaban J connectivity index is 1.74. The van der Waals surface area contributed by atoms with Crippen LogP contribution in [0.3, 0.4) is 0 Å². The van der Waals surface area contributed by atoms with Crippen molar-refractivity contribution in [3.8, 4) is 0 Å². The van der Waals surface area contributed by atoms with Gasteiger partial charge in [-0.2, -0.15) is 0 Å². The summed E-state index contributed by atoms with van der Waals surface area (Å²) >= 11 is 1.68.